The van der Waals surface area contributed by atoms with Gasteiger partial charge in [0.1, 0.15) is 5.92 Å². The molecule has 20 heavy (non-hydrogen) atoms. The molecule has 0 saturated carbocycles. The molecule has 3 unspecified atom stereocenters. The summed E-state index contributed by atoms with van der Waals surface area (Å²) in [6.07, 6.45) is 1.55. The van der Waals surface area contributed by atoms with Crippen molar-refractivity contribution < 1.29 is 4.79 Å². The molecule has 1 fully saturated rings. The zero-order valence-electron chi connectivity index (χ0n) is 12.2. The van der Waals surface area contributed by atoms with Gasteiger partial charge in [0, 0.05) is 13.1 Å². The molecule has 3 heteroatoms. The van der Waals surface area contributed by atoms with Gasteiger partial charge in [-0.25, -0.2) is 0 Å². The largest absolute Gasteiger partial charge is 0.341 e. The molecule has 2 rings (SSSR count). The quantitative estimate of drug-likeness (QED) is 0.847. The van der Waals surface area contributed by atoms with Crippen LogP contribution in [-0.4, -0.2) is 23.9 Å². The van der Waals surface area contributed by atoms with E-state index in [9.17, 15) is 10.1 Å². The maximum absolute atomic E-state index is 12.5. The second-order valence-electron chi connectivity index (χ2n) is 5.90. The number of hydrogen-bond acceptors (Lipinski definition) is 2. The highest BCUT2D eigenvalue weighted by atomic mass is 16.2. The van der Waals surface area contributed by atoms with Crippen molar-refractivity contribution in [1.82, 2.24) is 4.90 Å². The fraction of sp³-hybridized carbons (Fsp3) is 0.529. The Kier molecular flexibility index (Phi) is 4.79. The molecule has 1 aromatic carbocycles. The lowest BCUT2D eigenvalue weighted by Crippen LogP contribution is -2.45. The summed E-state index contributed by atoms with van der Waals surface area (Å²) in [4.78, 5) is 14.4. The van der Waals surface area contributed by atoms with Crippen LogP contribution < -0.4 is 0 Å². The summed E-state index contributed by atoms with van der Waals surface area (Å²) in [7, 11) is 0. The lowest BCUT2D eigenvalue weighted by Gasteiger charge is -2.36. The third-order valence-corrected chi connectivity index (χ3v) is 4.38. The van der Waals surface area contributed by atoms with Crippen LogP contribution in [0.15, 0.2) is 30.3 Å². The van der Waals surface area contributed by atoms with Crippen LogP contribution in [0.2, 0.25) is 0 Å². The van der Waals surface area contributed by atoms with E-state index < -0.39 is 5.92 Å². The number of carbonyl (C=O) groups is 1. The molecular formula is C17H22N2O. The standard InChI is InChI=1S/C17H22N2O/c1-13-8-9-19(12-14(13)2)17(20)16(11-18)10-15-6-4-3-5-7-15/h3-7,13-14,16H,8-10,12H2,1-2H3. The molecular weight excluding hydrogens is 248 g/mol. The van der Waals surface area contributed by atoms with Gasteiger partial charge in [0.15, 0.2) is 0 Å². The van der Waals surface area contributed by atoms with Gasteiger partial charge in [-0.05, 0) is 30.2 Å². The molecule has 0 spiro atoms. The minimum absolute atomic E-state index is 0.00453. The van der Waals surface area contributed by atoms with Gasteiger partial charge in [-0.3, -0.25) is 4.79 Å². The van der Waals surface area contributed by atoms with Crippen molar-refractivity contribution in [1.29, 1.82) is 5.26 Å². The van der Waals surface area contributed by atoms with Gasteiger partial charge >= 0.3 is 0 Å². The van der Waals surface area contributed by atoms with Gasteiger partial charge in [-0.2, -0.15) is 5.26 Å². The Morgan fingerprint density at radius 2 is 2.05 bits per heavy atom. The van der Waals surface area contributed by atoms with Crippen molar-refractivity contribution >= 4 is 5.91 Å². The minimum atomic E-state index is -0.557. The van der Waals surface area contributed by atoms with Crippen LogP contribution in [-0.2, 0) is 11.2 Å². The first-order valence-electron chi connectivity index (χ1n) is 7.34. The van der Waals surface area contributed by atoms with Crippen molar-refractivity contribution in [2.24, 2.45) is 17.8 Å². The number of benzene rings is 1. The first-order valence-corrected chi connectivity index (χ1v) is 7.34. The highest BCUT2D eigenvalue weighted by Gasteiger charge is 2.30. The highest BCUT2D eigenvalue weighted by molar-refractivity contribution is 5.81. The number of rotatable bonds is 3. The minimum Gasteiger partial charge on any atom is -0.341 e. The van der Waals surface area contributed by atoms with Crippen LogP contribution in [0.25, 0.3) is 0 Å². The number of carbonyl (C=O) groups excluding carboxylic acids is 1. The Morgan fingerprint density at radius 1 is 1.35 bits per heavy atom. The molecule has 0 bridgehead atoms. The van der Waals surface area contributed by atoms with E-state index in [1.807, 2.05) is 35.2 Å². The molecule has 0 aromatic heterocycles. The summed E-state index contributed by atoms with van der Waals surface area (Å²) in [5.41, 5.74) is 1.05. The Balaban J connectivity index is 2.01. The third-order valence-electron chi connectivity index (χ3n) is 4.38. The van der Waals surface area contributed by atoms with Crippen LogP contribution in [0.3, 0.4) is 0 Å². The van der Waals surface area contributed by atoms with E-state index in [4.69, 9.17) is 0 Å². The van der Waals surface area contributed by atoms with Gasteiger partial charge in [0.2, 0.25) is 5.91 Å². The topological polar surface area (TPSA) is 44.1 Å². The van der Waals surface area contributed by atoms with Gasteiger partial charge in [0.05, 0.1) is 6.07 Å². The molecule has 1 amide bonds. The van der Waals surface area contributed by atoms with E-state index in [1.165, 1.54) is 0 Å². The smallest absolute Gasteiger partial charge is 0.240 e. The van der Waals surface area contributed by atoms with Crippen molar-refractivity contribution in [3.8, 4) is 6.07 Å². The molecule has 3 atom stereocenters. The lowest BCUT2D eigenvalue weighted by atomic mass is 9.87. The van der Waals surface area contributed by atoms with Crippen molar-refractivity contribution in [3.05, 3.63) is 35.9 Å². The Labute approximate surface area is 121 Å². The van der Waals surface area contributed by atoms with Crippen LogP contribution in [0.4, 0.5) is 0 Å². The molecule has 0 aliphatic carbocycles. The average Bonchev–Trinajstić information content (AvgIpc) is 2.48. The maximum Gasteiger partial charge on any atom is 0.240 e. The molecule has 1 aliphatic heterocycles. The fourth-order valence-corrected chi connectivity index (χ4v) is 2.72. The normalized spacial score (nSPS) is 23.9. The van der Waals surface area contributed by atoms with Crippen molar-refractivity contribution in [2.45, 2.75) is 26.7 Å². The van der Waals surface area contributed by atoms with E-state index in [1.54, 1.807) is 0 Å². The summed E-state index contributed by atoms with van der Waals surface area (Å²) in [5.74, 6) is 0.616. The first-order chi connectivity index (χ1) is 9.61. The van der Waals surface area contributed by atoms with E-state index in [-0.39, 0.29) is 5.91 Å². The molecule has 1 aliphatic rings. The Morgan fingerprint density at radius 3 is 2.65 bits per heavy atom. The molecule has 106 valence electrons. The molecule has 0 radical (unpaired) electrons. The van der Waals surface area contributed by atoms with Gasteiger partial charge in [-0.15, -0.1) is 0 Å². The summed E-state index contributed by atoms with van der Waals surface area (Å²) in [6.45, 7) is 5.99. The van der Waals surface area contributed by atoms with Crippen LogP contribution >= 0.6 is 0 Å². The lowest BCUT2D eigenvalue weighted by molar-refractivity contribution is -0.136. The maximum atomic E-state index is 12.5. The van der Waals surface area contributed by atoms with Crippen molar-refractivity contribution in [3.63, 3.8) is 0 Å². The molecule has 1 heterocycles. The second-order valence-corrected chi connectivity index (χ2v) is 5.90. The predicted octanol–water partition coefficient (Wildman–Crippen LogP) is 2.87. The summed E-state index contributed by atoms with van der Waals surface area (Å²) in [6, 6.07) is 12.0. The molecule has 0 N–H and O–H groups in total. The number of amides is 1. The zero-order chi connectivity index (χ0) is 14.5. The molecule has 1 saturated heterocycles. The van der Waals surface area contributed by atoms with E-state index in [0.29, 0.717) is 18.3 Å². The van der Waals surface area contributed by atoms with Crippen LogP contribution in [0.5, 0.6) is 0 Å². The van der Waals surface area contributed by atoms with Gasteiger partial charge in [-0.1, -0.05) is 44.2 Å². The third kappa shape index (κ3) is 3.39. The predicted molar refractivity (Wildman–Crippen MR) is 78.8 cm³/mol. The number of piperidine rings is 1. The number of nitriles is 1. The SMILES string of the molecule is CC1CCN(C(=O)C(C#N)Cc2ccccc2)CC1C. The zero-order valence-corrected chi connectivity index (χ0v) is 12.2. The van der Waals surface area contributed by atoms with Crippen LogP contribution in [0.1, 0.15) is 25.8 Å². The Hall–Kier alpha value is -1.82. The summed E-state index contributed by atoms with van der Waals surface area (Å²) < 4.78 is 0. The molecule has 1 aromatic rings. The molecule has 3 nitrogen and oxygen atoms in total. The van der Waals surface area contributed by atoms with Gasteiger partial charge in [0.25, 0.3) is 0 Å². The Bertz CT molecular complexity index is 491. The average molecular weight is 270 g/mol. The van der Waals surface area contributed by atoms with E-state index in [0.717, 1.165) is 25.1 Å². The van der Waals surface area contributed by atoms with Crippen molar-refractivity contribution in [2.75, 3.05) is 13.1 Å². The number of hydrogen-bond donors (Lipinski definition) is 0. The highest BCUT2D eigenvalue weighted by Crippen LogP contribution is 2.24. The van der Waals surface area contributed by atoms with Gasteiger partial charge < -0.3 is 4.90 Å². The fourth-order valence-electron chi connectivity index (χ4n) is 2.72. The first kappa shape index (κ1) is 14.6. The number of nitrogens with zero attached hydrogens (tertiary/aromatic N) is 2. The monoisotopic (exact) mass is 270 g/mol. The summed E-state index contributed by atoms with van der Waals surface area (Å²) in [5, 5.41) is 9.31. The van der Waals surface area contributed by atoms with E-state index >= 15 is 0 Å². The van der Waals surface area contributed by atoms with E-state index in [2.05, 4.69) is 19.9 Å². The number of likely N-dealkylation sites (tertiary alicyclic amines) is 1. The second kappa shape index (κ2) is 6.56. The summed E-state index contributed by atoms with van der Waals surface area (Å²) >= 11 is 0. The van der Waals surface area contributed by atoms with Crippen LogP contribution in [0, 0.1) is 29.1 Å².